The molecule has 0 bridgehead atoms. The van der Waals surface area contributed by atoms with E-state index >= 15 is 0 Å². The molecule has 4 rings (SSSR count). The molecule has 1 nitrogen and oxygen atoms in total. The lowest BCUT2D eigenvalue weighted by molar-refractivity contribution is -0.929. The van der Waals surface area contributed by atoms with E-state index in [0.717, 1.165) is 0 Å². The molecule has 26 heteroatoms. The summed E-state index contributed by atoms with van der Waals surface area (Å²) in [6.07, 6.45) is -37.9. The first kappa shape index (κ1) is 67.5. The van der Waals surface area contributed by atoms with Gasteiger partial charge in [-0.15, -0.1) is 0 Å². The van der Waals surface area contributed by atoms with Crippen LogP contribution in [0.3, 0.4) is 0 Å². The predicted molar refractivity (Wildman–Crippen MR) is 248 cm³/mol. The maximum atomic E-state index is 14.2. The van der Waals surface area contributed by atoms with Gasteiger partial charge >= 0.3 is 49.4 Å². The van der Waals surface area contributed by atoms with Crippen molar-refractivity contribution in [3.8, 4) is 0 Å². The molecule has 0 aliphatic heterocycles. The number of hydrogen-bond donors (Lipinski definition) is 0. The van der Waals surface area contributed by atoms with Crippen LogP contribution in [-0.4, -0.2) is 36.8 Å². The number of nitrogens with zero attached hydrogens (tertiary/aromatic N) is 1. The standard InChI is InChI=1S/C32H12BF24.C20H44N/c34-25(35,36)13-1-14(26(37,38)39)6-21(5-13)33(22-7-15(27(40,41)42)2-16(8-22)28(43,44)45,23-9-17(29(46,47)48)3-18(10-23)30(49,50)51)24-11-19(31(52,53)54)4-20(12-24)32(55,56)57;1-5-9-13-17-21(18-14-10-6-2,19-15-11-7-3)20-16-12-8-4/h1-12H;5-20H2,1-4H3/q-1;+1. The van der Waals surface area contributed by atoms with Gasteiger partial charge in [0, 0.05) is 0 Å². The van der Waals surface area contributed by atoms with Gasteiger partial charge in [-0.3, -0.25) is 0 Å². The third kappa shape index (κ3) is 18.1. The maximum absolute atomic E-state index is 14.2. The molecule has 0 unspecified atom stereocenters. The van der Waals surface area contributed by atoms with Gasteiger partial charge in [0.05, 0.1) is 70.7 Å². The summed E-state index contributed by atoms with van der Waals surface area (Å²) < 4.78 is 342. The fourth-order valence-electron chi connectivity index (χ4n) is 9.53. The van der Waals surface area contributed by atoms with Gasteiger partial charge in [-0.05, 0) is 75.6 Å². The Labute approximate surface area is 434 Å². The zero-order chi connectivity index (χ0) is 59.7. The van der Waals surface area contributed by atoms with Crippen LogP contribution in [0.25, 0.3) is 0 Å². The summed E-state index contributed by atoms with van der Waals surface area (Å²) in [6, 6.07) is -8.81. The predicted octanol–water partition coefficient (Wildman–Crippen LogP) is 17.8. The molecule has 440 valence electrons. The van der Waals surface area contributed by atoms with E-state index in [1.165, 1.54) is 108 Å². The van der Waals surface area contributed by atoms with Crippen molar-refractivity contribution in [2.45, 2.75) is 154 Å². The van der Waals surface area contributed by atoms with Crippen molar-refractivity contribution in [2.75, 3.05) is 26.2 Å². The minimum atomic E-state index is -6.13. The van der Waals surface area contributed by atoms with Gasteiger partial charge < -0.3 is 4.48 Å². The first-order chi connectivity index (χ1) is 35.5. The van der Waals surface area contributed by atoms with Gasteiger partial charge in [-0.1, -0.05) is 102 Å². The van der Waals surface area contributed by atoms with Gasteiger partial charge in [0.1, 0.15) is 6.15 Å². The van der Waals surface area contributed by atoms with Gasteiger partial charge in [0.2, 0.25) is 0 Å². The van der Waals surface area contributed by atoms with E-state index in [4.69, 9.17) is 0 Å². The molecule has 0 saturated heterocycles. The van der Waals surface area contributed by atoms with Crippen molar-refractivity contribution in [2.24, 2.45) is 0 Å². The third-order valence-electron chi connectivity index (χ3n) is 13.4. The lowest BCUT2D eigenvalue weighted by Gasteiger charge is -2.46. The van der Waals surface area contributed by atoms with Crippen LogP contribution in [0.5, 0.6) is 0 Å². The van der Waals surface area contributed by atoms with Crippen LogP contribution in [-0.2, 0) is 49.4 Å². The summed E-state index contributed by atoms with van der Waals surface area (Å²) >= 11 is 0. The SMILES string of the molecule is CCCCC[N+](CCCCC)(CCCCC)CCCCC.FC(F)(F)c1cc([B-](c2cc(C(F)(F)F)cc(C(F)(F)F)c2)(c2cc(C(F)(F)F)cc(C(F)(F)F)c2)c2cc(C(F)(F)F)cc(C(F)(F)F)c2)cc(C(F)(F)F)c1. The topological polar surface area (TPSA) is 0 Å². The molecule has 0 saturated carbocycles. The zero-order valence-electron chi connectivity index (χ0n) is 42.3. The minimum absolute atomic E-state index is 0.691. The Balaban J connectivity index is 0.000000642. The summed E-state index contributed by atoms with van der Waals surface area (Å²) in [4.78, 5) is 0. The number of quaternary nitrogens is 1. The number of alkyl halides is 24. The quantitative estimate of drug-likeness (QED) is 0.0358. The van der Waals surface area contributed by atoms with E-state index in [2.05, 4.69) is 27.7 Å². The molecule has 4 aromatic rings. The Kier molecular flexibility index (Phi) is 22.3. The zero-order valence-corrected chi connectivity index (χ0v) is 42.3. The number of hydrogen-bond acceptors (Lipinski definition) is 0. The highest BCUT2D eigenvalue weighted by molar-refractivity contribution is 7.20. The largest absolute Gasteiger partial charge is 0.416 e. The van der Waals surface area contributed by atoms with Crippen LogP contribution in [0.2, 0.25) is 0 Å². The van der Waals surface area contributed by atoms with Crippen molar-refractivity contribution in [1.82, 2.24) is 0 Å². The smallest absolute Gasteiger partial charge is 0.324 e. The molecule has 78 heavy (non-hydrogen) atoms. The van der Waals surface area contributed by atoms with Crippen LogP contribution >= 0.6 is 0 Å². The van der Waals surface area contributed by atoms with Gasteiger partial charge in [-0.2, -0.15) is 127 Å². The summed E-state index contributed by atoms with van der Waals surface area (Å²) in [7, 11) is 0. The van der Waals surface area contributed by atoms with Crippen LogP contribution in [0.4, 0.5) is 105 Å². The summed E-state index contributed by atoms with van der Waals surface area (Å²) in [5.74, 6) is 0. The molecule has 0 fully saturated rings. The van der Waals surface area contributed by atoms with Crippen LogP contribution in [0.1, 0.15) is 149 Å². The highest BCUT2D eigenvalue weighted by Gasteiger charge is 2.47. The second-order valence-electron chi connectivity index (χ2n) is 19.3. The van der Waals surface area contributed by atoms with E-state index < -0.39 is 195 Å². The number of unbranched alkanes of at least 4 members (excludes halogenated alkanes) is 8. The van der Waals surface area contributed by atoms with Crippen LogP contribution in [0.15, 0.2) is 72.8 Å². The molecule has 0 aliphatic rings. The molecule has 0 amide bonds. The second-order valence-corrected chi connectivity index (χ2v) is 19.3. The molecule has 0 radical (unpaired) electrons. The third-order valence-corrected chi connectivity index (χ3v) is 13.4. The molecule has 0 N–H and O–H groups in total. The normalized spacial score (nSPS) is 13.7. The van der Waals surface area contributed by atoms with Crippen molar-refractivity contribution >= 4 is 28.0 Å². The van der Waals surface area contributed by atoms with Gasteiger partial charge in [0.15, 0.2) is 0 Å². The summed E-state index contributed by atoms with van der Waals surface area (Å²) in [5.41, 5.74) is -30.2. The maximum Gasteiger partial charge on any atom is 0.416 e. The Morgan fingerprint density at radius 1 is 0.244 bits per heavy atom. The average Bonchev–Trinajstić information content (AvgIpc) is 3.30. The fourth-order valence-corrected chi connectivity index (χ4v) is 9.53. The highest BCUT2D eigenvalue weighted by atomic mass is 19.4. The van der Waals surface area contributed by atoms with Crippen LogP contribution < -0.4 is 21.9 Å². The first-order valence-corrected chi connectivity index (χ1v) is 24.7. The minimum Gasteiger partial charge on any atom is -0.324 e. The molecule has 4 aromatic carbocycles. The molecular weight excluding hydrogens is 1110 g/mol. The van der Waals surface area contributed by atoms with E-state index in [-0.39, 0.29) is 0 Å². The lowest BCUT2D eigenvalue weighted by atomic mass is 9.12. The highest BCUT2D eigenvalue weighted by Crippen LogP contribution is 2.41. The molecule has 0 atom stereocenters. The molecule has 0 spiro atoms. The van der Waals surface area contributed by atoms with E-state index in [1.54, 1.807) is 0 Å². The summed E-state index contributed by atoms with van der Waals surface area (Å²) in [5, 5.41) is 0. The summed E-state index contributed by atoms with van der Waals surface area (Å²) in [6.45, 7) is 15.1. The fraction of sp³-hybridized carbons (Fsp3) is 0.538. The Morgan fingerprint density at radius 2 is 0.385 bits per heavy atom. The second kappa shape index (κ2) is 25.8. The number of halogens is 24. The Morgan fingerprint density at radius 3 is 0.500 bits per heavy atom. The lowest BCUT2D eigenvalue weighted by Crippen LogP contribution is -2.75. The van der Waals surface area contributed by atoms with Gasteiger partial charge in [0.25, 0.3) is 0 Å². The Bertz CT molecular complexity index is 2060. The number of rotatable bonds is 20. The van der Waals surface area contributed by atoms with E-state index in [1.807, 2.05) is 0 Å². The van der Waals surface area contributed by atoms with Crippen molar-refractivity contribution in [1.29, 1.82) is 0 Å². The number of benzene rings is 4. The average molecular weight is 1160 g/mol. The van der Waals surface area contributed by atoms with Crippen molar-refractivity contribution in [3.63, 3.8) is 0 Å². The van der Waals surface area contributed by atoms with E-state index in [9.17, 15) is 105 Å². The Hall–Kier alpha value is -4.78. The van der Waals surface area contributed by atoms with Crippen molar-refractivity contribution < 1.29 is 110 Å². The van der Waals surface area contributed by atoms with Crippen molar-refractivity contribution in [3.05, 3.63) is 117 Å². The molecule has 0 aliphatic carbocycles. The van der Waals surface area contributed by atoms with Gasteiger partial charge in [-0.25, -0.2) is 0 Å². The molecule has 0 aromatic heterocycles. The van der Waals surface area contributed by atoms with Crippen LogP contribution in [0, 0.1) is 0 Å². The van der Waals surface area contributed by atoms with E-state index in [0.29, 0.717) is 0 Å². The molecule has 0 heterocycles. The first-order valence-electron chi connectivity index (χ1n) is 24.7. The monoisotopic (exact) mass is 1160 g/mol. The molecular formula is C52H56BF24N.